The van der Waals surface area contributed by atoms with Crippen molar-refractivity contribution in [3.05, 3.63) is 60.2 Å². The third kappa shape index (κ3) is 4.67. The van der Waals surface area contributed by atoms with Gasteiger partial charge in [-0.05, 0) is 43.2 Å². The number of nitrogens with one attached hydrogen (secondary N) is 1. The van der Waals surface area contributed by atoms with Gasteiger partial charge in [-0.25, -0.2) is 9.69 Å². The standard InChI is InChI=1S/C24H26N6O3/c1-3-18-15-32-24(31)30(18)23-27-21(26-22(28-23)29-13-14-29)25-16(2)17-9-11-20(12-10-17)33-19-7-5-4-6-8-19/h4-12,16,18H,3,13-15H2,1-2H3,(H,25,26,27,28)/t16-,18-/m0/s1. The zero-order valence-electron chi connectivity index (χ0n) is 18.6. The number of rotatable bonds is 8. The van der Waals surface area contributed by atoms with E-state index in [2.05, 4.69) is 20.3 Å². The highest BCUT2D eigenvalue weighted by Crippen LogP contribution is 2.28. The molecule has 1 aromatic heterocycles. The smallest absolute Gasteiger partial charge is 0.417 e. The topological polar surface area (TPSA) is 92.5 Å². The van der Waals surface area contributed by atoms with E-state index in [4.69, 9.17) is 9.47 Å². The molecule has 9 heteroatoms. The number of ether oxygens (including phenoxy) is 2. The van der Waals surface area contributed by atoms with Crippen LogP contribution in [0, 0.1) is 0 Å². The third-order valence-corrected chi connectivity index (χ3v) is 5.69. The van der Waals surface area contributed by atoms with Gasteiger partial charge in [-0.3, -0.25) is 0 Å². The molecule has 0 radical (unpaired) electrons. The van der Waals surface area contributed by atoms with E-state index in [1.807, 2.05) is 73.3 Å². The Labute approximate surface area is 192 Å². The van der Waals surface area contributed by atoms with Crippen molar-refractivity contribution in [3.8, 4) is 11.5 Å². The maximum Gasteiger partial charge on any atom is 0.417 e. The third-order valence-electron chi connectivity index (χ3n) is 5.69. The normalized spacial score (nSPS) is 18.1. The Bertz CT molecular complexity index is 1120. The Morgan fingerprint density at radius 2 is 1.73 bits per heavy atom. The number of hydrogen-bond donors (Lipinski definition) is 1. The summed E-state index contributed by atoms with van der Waals surface area (Å²) in [5, 5.41) is 3.35. The molecule has 2 aliphatic heterocycles. The van der Waals surface area contributed by atoms with Gasteiger partial charge in [0.05, 0.1) is 12.1 Å². The Hall–Kier alpha value is -3.88. The average molecular weight is 447 g/mol. The highest BCUT2D eigenvalue weighted by atomic mass is 16.6. The van der Waals surface area contributed by atoms with E-state index in [1.165, 1.54) is 4.90 Å². The molecular weight excluding hydrogens is 420 g/mol. The Kier molecular flexibility index (Phi) is 5.68. The Morgan fingerprint density at radius 1 is 1.03 bits per heavy atom. The molecule has 0 unspecified atom stereocenters. The molecule has 0 bridgehead atoms. The summed E-state index contributed by atoms with van der Waals surface area (Å²) in [6.07, 6.45) is 0.338. The summed E-state index contributed by atoms with van der Waals surface area (Å²) >= 11 is 0. The van der Waals surface area contributed by atoms with E-state index in [0.29, 0.717) is 24.5 Å². The molecule has 9 nitrogen and oxygen atoms in total. The molecule has 0 saturated carbocycles. The average Bonchev–Trinajstić information content (AvgIpc) is 3.62. The molecule has 3 heterocycles. The maximum atomic E-state index is 12.3. The molecule has 1 amide bonds. The quantitative estimate of drug-likeness (QED) is 0.509. The number of cyclic esters (lactones) is 1. The molecule has 2 fully saturated rings. The molecule has 3 aromatic rings. The van der Waals surface area contributed by atoms with Crippen molar-refractivity contribution in [3.63, 3.8) is 0 Å². The van der Waals surface area contributed by atoms with E-state index in [-0.39, 0.29) is 12.1 Å². The van der Waals surface area contributed by atoms with Gasteiger partial charge in [0.2, 0.25) is 17.8 Å². The molecule has 2 aromatic carbocycles. The summed E-state index contributed by atoms with van der Waals surface area (Å²) in [5.74, 6) is 2.87. The number of carbonyl (C=O) groups excluding carboxylic acids is 1. The van der Waals surface area contributed by atoms with Crippen LogP contribution in [0.2, 0.25) is 0 Å². The SMILES string of the molecule is CC[C@H]1COC(=O)N1c1nc(N[C@@H](C)c2ccc(Oc3ccccc3)cc2)nc(N2CC2)n1. The molecule has 0 aliphatic carbocycles. The van der Waals surface area contributed by atoms with E-state index < -0.39 is 6.09 Å². The van der Waals surface area contributed by atoms with Gasteiger partial charge in [0.25, 0.3) is 0 Å². The summed E-state index contributed by atoms with van der Waals surface area (Å²) in [4.78, 5) is 29.5. The summed E-state index contributed by atoms with van der Waals surface area (Å²) < 4.78 is 11.1. The van der Waals surface area contributed by atoms with Crippen LogP contribution in [0.25, 0.3) is 0 Å². The number of amides is 1. The molecular formula is C24H26N6O3. The van der Waals surface area contributed by atoms with Crippen molar-refractivity contribution in [2.75, 3.05) is 34.8 Å². The first-order chi connectivity index (χ1) is 16.1. The second kappa shape index (κ2) is 8.93. The molecule has 170 valence electrons. The molecule has 0 spiro atoms. The van der Waals surface area contributed by atoms with Crippen LogP contribution in [-0.2, 0) is 4.74 Å². The summed E-state index contributed by atoms with van der Waals surface area (Å²) in [5.41, 5.74) is 1.05. The van der Waals surface area contributed by atoms with Crippen LogP contribution >= 0.6 is 0 Å². The lowest BCUT2D eigenvalue weighted by atomic mass is 10.1. The van der Waals surface area contributed by atoms with Crippen molar-refractivity contribution in [1.29, 1.82) is 0 Å². The lowest BCUT2D eigenvalue weighted by Crippen LogP contribution is -2.34. The van der Waals surface area contributed by atoms with Crippen LogP contribution in [0.15, 0.2) is 54.6 Å². The number of carbonyl (C=O) groups is 1. The van der Waals surface area contributed by atoms with Crippen molar-refractivity contribution in [2.24, 2.45) is 0 Å². The van der Waals surface area contributed by atoms with Crippen molar-refractivity contribution in [2.45, 2.75) is 32.4 Å². The fourth-order valence-electron chi connectivity index (χ4n) is 3.65. The van der Waals surface area contributed by atoms with Gasteiger partial charge in [0.1, 0.15) is 18.1 Å². The van der Waals surface area contributed by atoms with Gasteiger partial charge in [-0.15, -0.1) is 0 Å². The van der Waals surface area contributed by atoms with E-state index in [9.17, 15) is 4.79 Å². The highest BCUT2D eigenvalue weighted by molar-refractivity contribution is 5.88. The number of nitrogens with zero attached hydrogens (tertiary/aromatic N) is 5. The zero-order valence-corrected chi connectivity index (χ0v) is 18.6. The Morgan fingerprint density at radius 3 is 2.42 bits per heavy atom. The van der Waals surface area contributed by atoms with Gasteiger partial charge in [-0.2, -0.15) is 15.0 Å². The second-order valence-corrected chi connectivity index (χ2v) is 8.11. The van der Waals surface area contributed by atoms with Crippen molar-refractivity contribution >= 4 is 23.9 Å². The molecule has 2 atom stereocenters. The maximum absolute atomic E-state index is 12.3. The van der Waals surface area contributed by atoms with Gasteiger partial charge >= 0.3 is 6.09 Å². The first kappa shape index (κ1) is 21.0. The fraction of sp³-hybridized carbons (Fsp3) is 0.333. The first-order valence-corrected chi connectivity index (χ1v) is 11.2. The minimum absolute atomic E-state index is 0.0689. The van der Waals surface area contributed by atoms with E-state index in [0.717, 1.165) is 36.6 Å². The molecule has 2 saturated heterocycles. The van der Waals surface area contributed by atoms with Gasteiger partial charge < -0.3 is 19.7 Å². The minimum atomic E-state index is -0.419. The van der Waals surface area contributed by atoms with Crippen LogP contribution in [0.4, 0.5) is 22.6 Å². The van der Waals surface area contributed by atoms with Gasteiger partial charge in [0.15, 0.2) is 0 Å². The number of aromatic nitrogens is 3. The van der Waals surface area contributed by atoms with Gasteiger partial charge in [-0.1, -0.05) is 37.3 Å². The van der Waals surface area contributed by atoms with Gasteiger partial charge in [0, 0.05) is 13.1 Å². The monoisotopic (exact) mass is 446 g/mol. The van der Waals surface area contributed by atoms with Crippen LogP contribution < -0.4 is 19.9 Å². The van der Waals surface area contributed by atoms with Crippen molar-refractivity contribution in [1.82, 2.24) is 15.0 Å². The van der Waals surface area contributed by atoms with Crippen LogP contribution in [-0.4, -0.2) is 46.8 Å². The number of para-hydroxylation sites is 1. The summed E-state index contributed by atoms with van der Waals surface area (Å²) in [6, 6.07) is 17.4. The first-order valence-electron chi connectivity index (χ1n) is 11.2. The van der Waals surface area contributed by atoms with E-state index >= 15 is 0 Å². The predicted octanol–water partition coefficient (Wildman–Crippen LogP) is 4.39. The second-order valence-electron chi connectivity index (χ2n) is 8.11. The predicted molar refractivity (Wildman–Crippen MR) is 125 cm³/mol. The largest absolute Gasteiger partial charge is 0.457 e. The Balaban J connectivity index is 1.34. The lowest BCUT2D eigenvalue weighted by molar-refractivity contribution is 0.178. The lowest BCUT2D eigenvalue weighted by Gasteiger charge is -2.20. The highest BCUT2D eigenvalue weighted by Gasteiger charge is 2.36. The van der Waals surface area contributed by atoms with Crippen molar-refractivity contribution < 1.29 is 14.3 Å². The summed E-state index contributed by atoms with van der Waals surface area (Å²) in [7, 11) is 0. The molecule has 5 rings (SSSR count). The number of anilines is 3. The molecule has 1 N–H and O–H groups in total. The minimum Gasteiger partial charge on any atom is -0.457 e. The van der Waals surface area contributed by atoms with Crippen LogP contribution in [0.3, 0.4) is 0 Å². The molecule has 2 aliphatic rings. The summed E-state index contributed by atoms with van der Waals surface area (Å²) in [6.45, 7) is 6.17. The number of hydrogen-bond acceptors (Lipinski definition) is 8. The van der Waals surface area contributed by atoms with E-state index in [1.54, 1.807) is 0 Å². The fourth-order valence-corrected chi connectivity index (χ4v) is 3.65. The molecule has 33 heavy (non-hydrogen) atoms. The van der Waals surface area contributed by atoms with Crippen LogP contribution in [0.1, 0.15) is 31.9 Å². The zero-order chi connectivity index (χ0) is 22.8. The van der Waals surface area contributed by atoms with Crippen LogP contribution in [0.5, 0.6) is 11.5 Å². The number of benzene rings is 2.